The van der Waals surface area contributed by atoms with Crippen LogP contribution in [0.15, 0.2) is 6.07 Å². The van der Waals surface area contributed by atoms with Crippen molar-refractivity contribution < 1.29 is 8.78 Å². The van der Waals surface area contributed by atoms with E-state index in [2.05, 4.69) is 4.98 Å². The van der Waals surface area contributed by atoms with Crippen LogP contribution in [0.2, 0.25) is 0 Å². The second-order valence-corrected chi connectivity index (χ2v) is 3.44. The van der Waals surface area contributed by atoms with Gasteiger partial charge in [-0.2, -0.15) is 0 Å². The Kier molecular flexibility index (Phi) is 3.37. The van der Waals surface area contributed by atoms with Crippen molar-refractivity contribution in [1.29, 1.82) is 0 Å². The van der Waals surface area contributed by atoms with Crippen molar-refractivity contribution in [3.63, 3.8) is 0 Å². The zero-order chi connectivity index (χ0) is 10.0. The molecule has 4 N–H and O–H groups in total. The highest BCUT2D eigenvalue weighted by Gasteiger charge is 2.14. The minimum absolute atomic E-state index is 0.128. The summed E-state index contributed by atoms with van der Waals surface area (Å²) in [6.45, 7) is 0.186. The molecule has 0 spiro atoms. The van der Waals surface area contributed by atoms with E-state index in [1.165, 1.54) is 6.07 Å². The van der Waals surface area contributed by atoms with Crippen molar-refractivity contribution in [3.05, 3.63) is 20.9 Å². The normalized spacial score (nSPS) is 10.8. The van der Waals surface area contributed by atoms with Crippen LogP contribution in [0, 0.1) is 3.70 Å². The van der Waals surface area contributed by atoms with Crippen molar-refractivity contribution in [2.45, 2.75) is 13.0 Å². The molecular formula is C7H8F2IN3. The molecule has 13 heavy (non-hydrogen) atoms. The molecule has 0 aliphatic carbocycles. The second kappa shape index (κ2) is 4.14. The molecule has 0 saturated heterocycles. The first-order chi connectivity index (χ1) is 6.06. The third-order valence-corrected chi connectivity index (χ3v) is 2.50. The van der Waals surface area contributed by atoms with Crippen molar-refractivity contribution in [1.82, 2.24) is 4.98 Å². The lowest BCUT2D eigenvalue weighted by atomic mass is 10.2. The molecule has 0 saturated carbocycles. The number of pyridine rings is 1. The molecule has 0 radical (unpaired) electrons. The lowest BCUT2D eigenvalue weighted by Gasteiger charge is -2.07. The summed E-state index contributed by atoms with van der Waals surface area (Å²) in [5.74, 6) is -0.128. The Morgan fingerprint density at radius 1 is 1.54 bits per heavy atom. The van der Waals surface area contributed by atoms with Crippen LogP contribution in [0.3, 0.4) is 0 Å². The molecule has 0 atom stereocenters. The van der Waals surface area contributed by atoms with Gasteiger partial charge in [-0.1, -0.05) is 0 Å². The summed E-state index contributed by atoms with van der Waals surface area (Å²) in [5.41, 5.74) is 11.0. The van der Waals surface area contributed by atoms with Gasteiger partial charge < -0.3 is 11.5 Å². The van der Waals surface area contributed by atoms with Crippen LogP contribution in [-0.4, -0.2) is 4.98 Å². The highest BCUT2D eigenvalue weighted by atomic mass is 127. The summed E-state index contributed by atoms with van der Waals surface area (Å²) in [5, 5.41) is 0. The quantitative estimate of drug-likeness (QED) is 0.645. The van der Waals surface area contributed by atoms with Crippen LogP contribution in [-0.2, 0) is 6.54 Å². The van der Waals surface area contributed by atoms with Gasteiger partial charge in [-0.25, -0.2) is 13.8 Å². The number of rotatable bonds is 2. The molecule has 0 aromatic carbocycles. The zero-order valence-electron chi connectivity index (χ0n) is 6.60. The summed E-state index contributed by atoms with van der Waals surface area (Å²) in [4.78, 5) is 3.77. The second-order valence-electron chi connectivity index (χ2n) is 2.42. The molecule has 72 valence electrons. The molecule has 1 aromatic rings. The average molecular weight is 299 g/mol. The Hall–Kier alpha value is -0.500. The molecule has 0 unspecified atom stereocenters. The fourth-order valence-corrected chi connectivity index (χ4v) is 1.52. The van der Waals surface area contributed by atoms with Crippen LogP contribution in [0.25, 0.3) is 0 Å². The van der Waals surface area contributed by atoms with Crippen LogP contribution < -0.4 is 11.5 Å². The molecule has 0 aliphatic rings. The SMILES string of the molecule is NCc1cc(C(F)F)c(N)nc1I. The number of alkyl halides is 2. The molecule has 1 heterocycles. The van der Waals surface area contributed by atoms with E-state index in [0.717, 1.165) is 0 Å². The van der Waals surface area contributed by atoms with Gasteiger partial charge in [0.1, 0.15) is 9.52 Å². The van der Waals surface area contributed by atoms with Gasteiger partial charge in [0.25, 0.3) is 6.43 Å². The van der Waals surface area contributed by atoms with E-state index in [1.807, 2.05) is 22.6 Å². The Bertz CT molecular complexity index is 317. The maximum Gasteiger partial charge on any atom is 0.267 e. The Balaban J connectivity index is 3.22. The van der Waals surface area contributed by atoms with E-state index >= 15 is 0 Å². The van der Waals surface area contributed by atoms with Crippen molar-refractivity contribution in [2.24, 2.45) is 5.73 Å². The van der Waals surface area contributed by atoms with E-state index < -0.39 is 6.43 Å². The first-order valence-corrected chi connectivity index (χ1v) is 4.57. The number of halogens is 3. The third-order valence-electron chi connectivity index (χ3n) is 1.56. The van der Waals surface area contributed by atoms with Crippen LogP contribution in [0.1, 0.15) is 17.6 Å². The molecule has 0 bridgehead atoms. The zero-order valence-corrected chi connectivity index (χ0v) is 8.76. The van der Waals surface area contributed by atoms with E-state index in [4.69, 9.17) is 11.5 Å². The fraction of sp³-hybridized carbons (Fsp3) is 0.286. The molecule has 0 aliphatic heterocycles. The highest BCUT2D eigenvalue weighted by molar-refractivity contribution is 14.1. The van der Waals surface area contributed by atoms with Gasteiger partial charge in [0, 0.05) is 6.54 Å². The van der Waals surface area contributed by atoms with Crippen LogP contribution in [0.4, 0.5) is 14.6 Å². The lowest BCUT2D eigenvalue weighted by molar-refractivity contribution is 0.152. The van der Waals surface area contributed by atoms with Gasteiger partial charge in [0.2, 0.25) is 0 Å². The molecule has 3 nitrogen and oxygen atoms in total. The maximum atomic E-state index is 12.3. The molecule has 0 fully saturated rings. The van der Waals surface area contributed by atoms with E-state index in [-0.39, 0.29) is 17.9 Å². The number of anilines is 1. The van der Waals surface area contributed by atoms with Crippen molar-refractivity contribution >= 4 is 28.4 Å². The summed E-state index contributed by atoms with van der Waals surface area (Å²) in [6.07, 6.45) is -2.60. The fourth-order valence-electron chi connectivity index (χ4n) is 0.881. The Labute approximate surface area is 87.7 Å². The maximum absolute atomic E-state index is 12.3. The van der Waals surface area contributed by atoms with Crippen LogP contribution >= 0.6 is 22.6 Å². The summed E-state index contributed by atoms with van der Waals surface area (Å²) < 4.78 is 25.2. The minimum atomic E-state index is -2.60. The van der Waals surface area contributed by atoms with Gasteiger partial charge in [0.15, 0.2) is 0 Å². The molecule has 1 aromatic heterocycles. The Morgan fingerprint density at radius 3 is 2.62 bits per heavy atom. The number of hydrogen-bond donors (Lipinski definition) is 2. The Morgan fingerprint density at radius 2 is 2.15 bits per heavy atom. The number of nitrogens with two attached hydrogens (primary N) is 2. The smallest absolute Gasteiger partial charge is 0.267 e. The third kappa shape index (κ3) is 2.25. The predicted molar refractivity (Wildman–Crippen MR) is 54.2 cm³/mol. The summed E-state index contributed by atoms with van der Waals surface area (Å²) in [7, 11) is 0. The predicted octanol–water partition coefficient (Wildman–Crippen LogP) is 1.66. The topological polar surface area (TPSA) is 64.9 Å². The van der Waals surface area contributed by atoms with Crippen molar-refractivity contribution in [3.8, 4) is 0 Å². The molecular weight excluding hydrogens is 291 g/mol. The van der Waals surface area contributed by atoms with Gasteiger partial charge in [-0.3, -0.25) is 0 Å². The number of hydrogen-bond acceptors (Lipinski definition) is 3. The highest BCUT2D eigenvalue weighted by Crippen LogP contribution is 2.26. The van der Waals surface area contributed by atoms with Gasteiger partial charge in [0.05, 0.1) is 5.56 Å². The lowest BCUT2D eigenvalue weighted by Crippen LogP contribution is -2.06. The summed E-state index contributed by atoms with van der Waals surface area (Å²) in [6, 6.07) is 1.30. The average Bonchev–Trinajstić information content (AvgIpc) is 2.03. The van der Waals surface area contributed by atoms with Gasteiger partial charge in [-0.15, -0.1) is 0 Å². The van der Waals surface area contributed by atoms with Gasteiger partial charge in [-0.05, 0) is 34.2 Å². The standard InChI is InChI=1S/C7H8F2IN3/c8-5(9)4-1-3(2-11)6(10)13-7(4)12/h1,5H,2,11H2,(H2,12,13). The monoisotopic (exact) mass is 299 g/mol. The minimum Gasteiger partial charge on any atom is -0.383 e. The van der Waals surface area contributed by atoms with Crippen LogP contribution in [0.5, 0.6) is 0 Å². The van der Waals surface area contributed by atoms with Gasteiger partial charge >= 0.3 is 0 Å². The summed E-state index contributed by atoms with van der Waals surface area (Å²) >= 11 is 1.91. The number of nitrogens with zero attached hydrogens (tertiary/aromatic N) is 1. The van der Waals surface area contributed by atoms with Crippen molar-refractivity contribution in [2.75, 3.05) is 5.73 Å². The first kappa shape index (κ1) is 10.6. The largest absolute Gasteiger partial charge is 0.383 e. The van der Waals surface area contributed by atoms with E-state index in [0.29, 0.717) is 9.26 Å². The number of aromatic nitrogens is 1. The molecule has 0 amide bonds. The van der Waals surface area contributed by atoms with E-state index in [1.54, 1.807) is 0 Å². The first-order valence-electron chi connectivity index (χ1n) is 3.49. The molecule has 6 heteroatoms. The molecule has 1 rings (SSSR count). The van der Waals surface area contributed by atoms with E-state index in [9.17, 15) is 8.78 Å². The number of nitrogen functional groups attached to an aromatic ring is 1.